The Bertz CT molecular complexity index is 587. The quantitative estimate of drug-likeness (QED) is 0.936. The third kappa shape index (κ3) is 2.88. The van der Waals surface area contributed by atoms with E-state index in [4.69, 9.17) is 33.0 Å². The molecule has 0 aliphatic rings. The number of carboxylic acids is 1. The summed E-state index contributed by atoms with van der Waals surface area (Å²) in [6, 6.07) is 4.31. The van der Waals surface area contributed by atoms with Crippen LogP contribution < -0.4 is 4.74 Å². The van der Waals surface area contributed by atoms with Crippen LogP contribution in [0.25, 0.3) is 0 Å². The monoisotopic (exact) mass is 284 g/mol. The van der Waals surface area contributed by atoms with Crippen LogP contribution in [0.5, 0.6) is 11.8 Å². The van der Waals surface area contributed by atoms with Gasteiger partial charge in [-0.2, -0.15) is 0 Å². The predicted octanol–water partition coefficient (Wildman–Crippen LogP) is 3.27. The molecule has 0 amide bonds. The summed E-state index contributed by atoms with van der Waals surface area (Å²) in [7, 11) is 0. The zero-order chi connectivity index (χ0) is 13.1. The van der Waals surface area contributed by atoms with Crippen LogP contribution in [0, 0.1) is 0 Å². The van der Waals surface area contributed by atoms with Crippen LogP contribution in [0.15, 0.2) is 30.6 Å². The number of aromatic nitrogens is 2. The topological polar surface area (TPSA) is 72.3 Å². The van der Waals surface area contributed by atoms with E-state index in [1.807, 2.05) is 0 Å². The van der Waals surface area contributed by atoms with E-state index in [0.29, 0.717) is 5.02 Å². The highest BCUT2D eigenvalue weighted by Gasteiger charge is 2.11. The van der Waals surface area contributed by atoms with Gasteiger partial charge < -0.3 is 9.84 Å². The van der Waals surface area contributed by atoms with Crippen LogP contribution in [0.1, 0.15) is 10.4 Å². The lowest BCUT2D eigenvalue weighted by Gasteiger charge is -2.05. The molecule has 5 nitrogen and oxygen atoms in total. The lowest BCUT2D eigenvalue weighted by atomic mass is 10.2. The van der Waals surface area contributed by atoms with Crippen molar-refractivity contribution < 1.29 is 14.6 Å². The van der Waals surface area contributed by atoms with Crippen LogP contribution in [0.4, 0.5) is 0 Å². The Morgan fingerprint density at radius 3 is 2.50 bits per heavy atom. The van der Waals surface area contributed by atoms with E-state index in [1.165, 1.54) is 30.6 Å². The van der Waals surface area contributed by atoms with Crippen LogP contribution in [0.3, 0.4) is 0 Å². The second-order valence-electron chi connectivity index (χ2n) is 3.23. The van der Waals surface area contributed by atoms with E-state index < -0.39 is 5.97 Å². The van der Waals surface area contributed by atoms with Crippen molar-refractivity contribution in [1.29, 1.82) is 0 Å². The molecule has 0 radical (unpaired) electrons. The van der Waals surface area contributed by atoms with Gasteiger partial charge in [-0.25, -0.2) is 14.8 Å². The number of rotatable bonds is 3. The normalized spacial score (nSPS) is 10.1. The summed E-state index contributed by atoms with van der Waals surface area (Å²) in [6.45, 7) is 0. The Balaban J connectivity index is 2.27. The van der Waals surface area contributed by atoms with Crippen molar-refractivity contribution in [2.24, 2.45) is 0 Å². The average molecular weight is 285 g/mol. The smallest absolute Gasteiger partial charge is 0.337 e. The van der Waals surface area contributed by atoms with E-state index in [0.717, 1.165) is 0 Å². The number of hydrogen-bond donors (Lipinski definition) is 1. The van der Waals surface area contributed by atoms with Crippen molar-refractivity contribution in [1.82, 2.24) is 9.97 Å². The lowest BCUT2D eigenvalue weighted by molar-refractivity contribution is 0.0696. The molecule has 0 spiro atoms. The summed E-state index contributed by atoms with van der Waals surface area (Å²) >= 11 is 11.4. The number of aromatic carboxylic acids is 1. The molecule has 0 unspecified atom stereocenters. The van der Waals surface area contributed by atoms with E-state index in [2.05, 4.69) is 9.97 Å². The van der Waals surface area contributed by atoms with E-state index in [9.17, 15) is 4.79 Å². The van der Waals surface area contributed by atoms with Gasteiger partial charge in [0.1, 0.15) is 5.75 Å². The van der Waals surface area contributed by atoms with Gasteiger partial charge in [-0.1, -0.05) is 23.2 Å². The van der Waals surface area contributed by atoms with Gasteiger partial charge in [0, 0.05) is 0 Å². The Labute approximate surface area is 112 Å². The van der Waals surface area contributed by atoms with Gasteiger partial charge in [-0.3, -0.25) is 0 Å². The van der Waals surface area contributed by atoms with Gasteiger partial charge in [0.25, 0.3) is 0 Å². The van der Waals surface area contributed by atoms with Crippen LogP contribution in [-0.2, 0) is 0 Å². The molecule has 0 saturated carbocycles. The van der Waals surface area contributed by atoms with Gasteiger partial charge in [-0.15, -0.1) is 0 Å². The van der Waals surface area contributed by atoms with Crippen LogP contribution in [-0.4, -0.2) is 21.0 Å². The number of benzene rings is 1. The maximum absolute atomic E-state index is 10.9. The summed E-state index contributed by atoms with van der Waals surface area (Å²) in [5.41, 5.74) is -0.0527. The van der Waals surface area contributed by atoms with Crippen molar-refractivity contribution >= 4 is 29.2 Å². The first kappa shape index (κ1) is 12.6. The molecule has 0 fully saturated rings. The fourth-order valence-corrected chi connectivity index (χ4v) is 1.49. The minimum Gasteiger partial charge on any atom is -0.478 e. The molecule has 0 bridgehead atoms. The molecule has 0 saturated heterocycles. The summed E-state index contributed by atoms with van der Waals surface area (Å²) in [4.78, 5) is 18.5. The summed E-state index contributed by atoms with van der Waals surface area (Å²) in [5, 5.41) is 9.41. The zero-order valence-corrected chi connectivity index (χ0v) is 10.3. The van der Waals surface area contributed by atoms with E-state index in [-0.39, 0.29) is 22.3 Å². The molecule has 1 aromatic heterocycles. The highest BCUT2D eigenvalue weighted by atomic mass is 35.5. The minimum atomic E-state index is -1.14. The van der Waals surface area contributed by atoms with Crippen LogP contribution in [0.2, 0.25) is 10.0 Å². The highest BCUT2D eigenvalue weighted by Crippen LogP contribution is 2.24. The highest BCUT2D eigenvalue weighted by molar-refractivity contribution is 6.33. The maximum atomic E-state index is 10.9. The van der Waals surface area contributed by atoms with Gasteiger partial charge in [-0.05, 0) is 18.2 Å². The number of ether oxygens (including phenoxy) is 1. The van der Waals surface area contributed by atoms with E-state index >= 15 is 0 Å². The maximum Gasteiger partial charge on any atom is 0.337 e. The first-order chi connectivity index (χ1) is 8.56. The Morgan fingerprint density at radius 1 is 1.22 bits per heavy atom. The summed E-state index contributed by atoms with van der Waals surface area (Å²) in [5.74, 6) is -0.860. The molecule has 1 N–H and O–H groups in total. The second kappa shape index (κ2) is 5.20. The van der Waals surface area contributed by atoms with Crippen molar-refractivity contribution in [2.45, 2.75) is 0 Å². The Hall–Kier alpha value is -1.85. The Kier molecular flexibility index (Phi) is 3.64. The number of carboxylic acid groups (broad SMARTS) is 1. The molecular weight excluding hydrogens is 279 g/mol. The van der Waals surface area contributed by atoms with Crippen molar-refractivity contribution in [2.75, 3.05) is 0 Å². The molecule has 7 heteroatoms. The molecule has 2 rings (SSSR count). The largest absolute Gasteiger partial charge is 0.478 e. The van der Waals surface area contributed by atoms with Gasteiger partial charge in [0.05, 0.1) is 28.0 Å². The molecule has 1 aromatic carbocycles. The molecule has 18 heavy (non-hydrogen) atoms. The molecule has 92 valence electrons. The third-order valence-electron chi connectivity index (χ3n) is 1.97. The van der Waals surface area contributed by atoms with Gasteiger partial charge >= 0.3 is 12.0 Å². The molecule has 0 aliphatic carbocycles. The molecule has 0 atom stereocenters. The number of carbonyl (C=O) groups is 1. The first-order valence-electron chi connectivity index (χ1n) is 4.74. The zero-order valence-electron chi connectivity index (χ0n) is 8.80. The number of halogens is 2. The number of nitrogens with zero attached hydrogens (tertiary/aromatic N) is 2. The van der Waals surface area contributed by atoms with Crippen molar-refractivity contribution in [3.8, 4) is 11.8 Å². The SMILES string of the molecule is O=C(O)c1cc(Oc2ncc(Cl)cn2)ccc1Cl. The molecular formula is C11H6Cl2N2O3. The fourth-order valence-electron chi connectivity index (χ4n) is 1.19. The molecule has 0 aliphatic heterocycles. The fraction of sp³-hybridized carbons (Fsp3) is 0. The number of hydrogen-bond acceptors (Lipinski definition) is 4. The third-order valence-corrected chi connectivity index (χ3v) is 2.50. The molecule has 2 aromatic rings. The predicted molar refractivity (Wildman–Crippen MR) is 65.5 cm³/mol. The van der Waals surface area contributed by atoms with E-state index in [1.54, 1.807) is 0 Å². The van der Waals surface area contributed by atoms with Gasteiger partial charge in [0.2, 0.25) is 0 Å². The summed E-state index contributed by atoms with van der Waals surface area (Å²) < 4.78 is 5.28. The average Bonchev–Trinajstić information content (AvgIpc) is 2.34. The lowest BCUT2D eigenvalue weighted by Crippen LogP contribution is -1.98. The van der Waals surface area contributed by atoms with Crippen molar-refractivity contribution in [3.63, 3.8) is 0 Å². The molecule has 1 heterocycles. The van der Waals surface area contributed by atoms with Crippen molar-refractivity contribution in [3.05, 3.63) is 46.2 Å². The standard InChI is InChI=1S/C11H6Cl2N2O3/c12-6-4-14-11(15-5-6)18-7-1-2-9(13)8(3-7)10(16)17/h1-5H,(H,16,17). The minimum absolute atomic E-state index is 0.0527. The first-order valence-corrected chi connectivity index (χ1v) is 5.50. The van der Waals surface area contributed by atoms with Gasteiger partial charge in [0.15, 0.2) is 0 Å². The summed E-state index contributed by atoms with van der Waals surface area (Å²) in [6.07, 6.45) is 2.75. The second-order valence-corrected chi connectivity index (χ2v) is 4.08. The van der Waals surface area contributed by atoms with Crippen LogP contribution >= 0.6 is 23.2 Å². The Morgan fingerprint density at radius 2 is 1.89 bits per heavy atom.